The summed E-state index contributed by atoms with van der Waals surface area (Å²) in [6.45, 7) is 2.12. The lowest BCUT2D eigenvalue weighted by Gasteiger charge is -2.01. The van der Waals surface area contributed by atoms with Crippen molar-refractivity contribution in [2.45, 2.75) is 17.7 Å². The number of hydrogen-bond acceptors (Lipinski definition) is 2. The molecule has 0 aliphatic heterocycles. The Morgan fingerprint density at radius 1 is 1.46 bits per heavy atom. The molecule has 0 fully saturated rings. The molecule has 1 aromatic heterocycles. The van der Waals surface area contributed by atoms with E-state index in [-0.39, 0.29) is 0 Å². The highest BCUT2D eigenvalue weighted by Gasteiger charge is 2.04. The van der Waals surface area contributed by atoms with Crippen molar-refractivity contribution in [2.75, 3.05) is 0 Å². The highest BCUT2D eigenvalue weighted by molar-refractivity contribution is 7.80. The Balaban J connectivity index is 2.77. The van der Waals surface area contributed by atoms with Gasteiger partial charge in [0, 0.05) is 15.5 Å². The number of thiol groups is 1. The molecule has 0 aliphatic rings. The summed E-state index contributed by atoms with van der Waals surface area (Å²) in [5.41, 5.74) is 2.43. The highest BCUT2D eigenvalue weighted by Crippen LogP contribution is 2.30. The van der Waals surface area contributed by atoms with Gasteiger partial charge in [0.15, 0.2) is 0 Å². The van der Waals surface area contributed by atoms with Gasteiger partial charge < -0.3 is 0 Å². The molecule has 0 saturated carbocycles. The van der Waals surface area contributed by atoms with Gasteiger partial charge in [0.1, 0.15) is 0 Å². The monoisotopic (exact) mass is 228 g/mol. The van der Waals surface area contributed by atoms with E-state index in [9.17, 15) is 0 Å². The standard InChI is InChI=1S/C10H9ClS2/c1-6-5-13-10-3-9(12)7(4-11)2-8(6)10/h2-3,5,12H,4H2,1H3. The van der Waals surface area contributed by atoms with E-state index in [1.807, 2.05) is 0 Å². The predicted octanol–water partition coefficient (Wildman–Crippen LogP) is 4.24. The topological polar surface area (TPSA) is 0 Å². The van der Waals surface area contributed by atoms with Crippen molar-refractivity contribution in [3.63, 3.8) is 0 Å². The maximum Gasteiger partial charge on any atom is 0.0485 e. The Morgan fingerprint density at radius 3 is 2.92 bits per heavy atom. The van der Waals surface area contributed by atoms with E-state index in [4.69, 9.17) is 11.6 Å². The van der Waals surface area contributed by atoms with Crippen LogP contribution in [0.15, 0.2) is 22.4 Å². The molecular weight excluding hydrogens is 220 g/mol. The van der Waals surface area contributed by atoms with Crippen LogP contribution in [0.4, 0.5) is 0 Å². The summed E-state index contributed by atoms with van der Waals surface area (Å²) in [6.07, 6.45) is 0. The number of alkyl halides is 1. The Bertz CT molecular complexity index is 445. The minimum Gasteiger partial charge on any atom is -0.143 e. The van der Waals surface area contributed by atoms with Crippen LogP contribution in [0.1, 0.15) is 11.1 Å². The lowest BCUT2D eigenvalue weighted by molar-refractivity contribution is 1.29. The predicted molar refractivity (Wildman–Crippen MR) is 63.4 cm³/mol. The molecule has 0 radical (unpaired) electrons. The van der Waals surface area contributed by atoms with Crippen LogP contribution in [-0.4, -0.2) is 0 Å². The zero-order valence-corrected chi connectivity index (χ0v) is 9.64. The third-order valence-electron chi connectivity index (χ3n) is 2.11. The molecule has 2 aromatic rings. The van der Waals surface area contributed by atoms with Crippen molar-refractivity contribution >= 4 is 45.7 Å². The van der Waals surface area contributed by atoms with Crippen LogP contribution in [0.25, 0.3) is 10.1 Å². The molecule has 1 aromatic carbocycles. The van der Waals surface area contributed by atoms with Crippen LogP contribution in [0.2, 0.25) is 0 Å². The molecule has 0 saturated heterocycles. The second-order valence-electron chi connectivity index (χ2n) is 3.03. The first-order valence-electron chi connectivity index (χ1n) is 3.98. The summed E-state index contributed by atoms with van der Waals surface area (Å²) >= 11 is 11.9. The third-order valence-corrected chi connectivity index (χ3v) is 3.88. The minimum absolute atomic E-state index is 0.532. The Hall–Kier alpha value is -0.180. The van der Waals surface area contributed by atoms with Gasteiger partial charge in [-0.3, -0.25) is 0 Å². The molecule has 13 heavy (non-hydrogen) atoms. The number of rotatable bonds is 1. The van der Waals surface area contributed by atoms with Crippen LogP contribution in [0, 0.1) is 6.92 Å². The fourth-order valence-electron chi connectivity index (χ4n) is 1.34. The number of hydrogen-bond donors (Lipinski definition) is 1. The Kier molecular flexibility index (Phi) is 2.54. The maximum atomic E-state index is 5.81. The average Bonchev–Trinajstić information content (AvgIpc) is 2.46. The van der Waals surface area contributed by atoms with E-state index in [0.717, 1.165) is 10.5 Å². The van der Waals surface area contributed by atoms with Gasteiger partial charge in [-0.1, -0.05) is 0 Å². The zero-order valence-electron chi connectivity index (χ0n) is 7.17. The van der Waals surface area contributed by atoms with Gasteiger partial charge in [-0.2, -0.15) is 0 Å². The number of halogens is 1. The molecule has 68 valence electrons. The summed E-state index contributed by atoms with van der Waals surface area (Å²) in [7, 11) is 0. The van der Waals surface area contributed by atoms with Gasteiger partial charge in [0.2, 0.25) is 0 Å². The zero-order chi connectivity index (χ0) is 9.42. The second-order valence-corrected chi connectivity index (χ2v) is 4.69. The summed E-state index contributed by atoms with van der Waals surface area (Å²) in [5, 5.41) is 3.47. The van der Waals surface area contributed by atoms with Crippen LogP contribution < -0.4 is 0 Å². The van der Waals surface area contributed by atoms with Gasteiger partial charge in [-0.15, -0.1) is 35.6 Å². The van der Waals surface area contributed by atoms with Crippen molar-refractivity contribution in [3.8, 4) is 0 Å². The number of benzene rings is 1. The first-order chi connectivity index (χ1) is 6.22. The molecule has 0 nitrogen and oxygen atoms in total. The summed E-state index contributed by atoms with van der Waals surface area (Å²) in [6, 6.07) is 4.23. The molecule has 0 aliphatic carbocycles. The summed E-state index contributed by atoms with van der Waals surface area (Å²) < 4.78 is 1.29. The van der Waals surface area contributed by atoms with E-state index in [1.54, 1.807) is 11.3 Å². The summed E-state index contributed by atoms with van der Waals surface area (Å²) in [4.78, 5) is 0.990. The van der Waals surface area contributed by atoms with Crippen molar-refractivity contribution in [1.82, 2.24) is 0 Å². The van der Waals surface area contributed by atoms with Gasteiger partial charge in [-0.05, 0) is 40.9 Å². The van der Waals surface area contributed by atoms with E-state index >= 15 is 0 Å². The minimum atomic E-state index is 0.532. The normalized spacial score (nSPS) is 11.0. The molecule has 0 unspecified atom stereocenters. The second kappa shape index (κ2) is 3.52. The molecule has 0 spiro atoms. The first kappa shape index (κ1) is 9.38. The fourth-order valence-corrected chi connectivity index (χ4v) is 2.98. The van der Waals surface area contributed by atoms with E-state index in [0.29, 0.717) is 5.88 Å². The SMILES string of the molecule is Cc1csc2cc(S)c(CCl)cc12. The molecule has 0 amide bonds. The third kappa shape index (κ3) is 1.58. The van der Waals surface area contributed by atoms with Crippen molar-refractivity contribution in [1.29, 1.82) is 0 Å². The molecule has 2 rings (SSSR count). The van der Waals surface area contributed by atoms with Crippen LogP contribution in [0.5, 0.6) is 0 Å². The van der Waals surface area contributed by atoms with Gasteiger partial charge in [-0.25, -0.2) is 0 Å². The smallest absolute Gasteiger partial charge is 0.0485 e. The Morgan fingerprint density at radius 2 is 2.23 bits per heavy atom. The molecule has 0 atom stereocenters. The molecular formula is C10H9ClS2. The molecule has 1 heterocycles. The Labute approximate surface area is 91.9 Å². The summed E-state index contributed by atoms with van der Waals surface area (Å²) in [5.74, 6) is 0.532. The van der Waals surface area contributed by atoms with Gasteiger partial charge >= 0.3 is 0 Å². The van der Waals surface area contributed by atoms with Crippen molar-refractivity contribution < 1.29 is 0 Å². The van der Waals surface area contributed by atoms with Gasteiger partial charge in [0.05, 0.1) is 0 Å². The molecule has 0 N–H and O–H groups in total. The quantitative estimate of drug-likeness (QED) is 0.548. The maximum absolute atomic E-state index is 5.81. The number of thiophene rings is 1. The number of fused-ring (bicyclic) bond motifs is 1. The van der Waals surface area contributed by atoms with Crippen LogP contribution >= 0.6 is 35.6 Å². The molecule has 3 heteroatoms. The van der Waals surface area contributed by atoms with Crippen molar-refractivity contribution in [2.24, 2.45) is 0 Å². The first-order valence-corrected chi connectivity index (χ1v) is 5.84. The largest absolute Gasteiger partial charge is 0.143 e. The van der Waals surface area contributed by atoms with Crippen molar-refractivity contribution in [3.05, 3.63) is 28.6 Å². The van der Waals surface area contributed by atoms with Crippen LogP contribution in [-0.2, 0) is 5.88 Å². The lowest BCUT2D eigenvalue weighted by Crippen LogP contribution is -1.80. The van der Waals surface area contributed by atoms with Gasteiger partial charge in [0.25, 0.3) is 0 Å². The number of aryl methyl sites for hydroxylation is 1. The van der Waals surface area contributed by atoms with E-state index < -0.39 is 0 Å². The lowest BCUT2D eigenvalue weighted by atomic mass is 10.1. The van der Waals surface area contributed by atoms with Crippen LogP contribution in [0.3, 0.4) is 0 Å². The fraction of sp³-hybridized carbons (Fsp3) is 0.200. The van der Waals surface area contributed by atoms with E-state index in [2.05, 4.69) is 37.1 Å². The molecule has 0 bridgehead atoms. The van der Waals surface area contributed by atoms with E-state index in [1.165, 1.54) is 15.6 Å². The average molecular weight is 229 g/mol. The highest BCUT2D eigenvalue weighted by atomic mass is 35.5.